The standard InChI is InChI=1S/C15H13F3N2O4/c1-19(2)12-8-13(11(18)9(16)10(12)17)20(6-4-24-5-6)3-7(14(8)21)15(22)23/h3,6H,4-5H2,1-2H3,(H,22,23). The number of pyridine rings is 1. The van der Waals surface area contributed by atoms with E-state index in [1.165, 1.54) is 14.1 Å². The summed E-state index contributed by atoms with van der Waals surface area (Å²) in [4.78, 5) is 24.9. The normalized spacial score (nSPS) is 14.7. The van der Waals surface area contributed by atoms with Crippen molar-refractivity contribution in [3.63, 3.8) is 0 Å². The van der Waals surface area contributed by atoms with Crippen molar-refractivity contribution < 1.29 is 27.8 Å². The van der Waals surface area contributed by atoms with Crippen LogP contribution < -0.4 is 10.3 Å². The van der Waals surface area contributed by atoms with E-state index >= 15 is 0 Å². The molecular formula is C15H13F3N2O4. The van der Waals surface area contributed by atoms with Crippen molar-refractivity contribution in [2.24, 2.45) is 0 Å². The minimum Gasteiger partial charge on any atom is -0.477 e. The quantitative estimate of drug-likeness (QED) is 0.861. The van der Waals surface area contributed by atoms with Crippen LogP contribution in [0.25, 0.3) is 10.9 Å². The summed E-state index contributed by atoms with van der Waals surface area (Å²) in [6.45, 7) is 0.291. The van der Waals surface area contributed by atoms with E-state index in [9.17, 15) is 27.9 Å². The minimum absolute atomic E-state index is 0.146. The van der Waals surface area contributed by atoms with Gasteiger partial charge in [-0.15, -0.1) is 0 Å². The lowest BCUT2D eigenvalue weighted by Crippen LogP contribution is -2.34. The number of carboxylic acids is 1. The number of rotatable bonds is 3. The Morgan fingerprint density at radius 2 is 1.88 bits per heavy atom. The Hall–Kier alpha value is -2.55. The van der Waals surface area contributed by atoms with Crippen LogP contribution in [0.1, 0.15) is 16.4 Å². The molecule has 1 aromatic carbocycles. The topological polar surface area (TPSA) is 71.8 Å². The van der Waals surface area contributed by atoms with Crippen molar-refractivity contribution in [3.05, 3.63) is 39.4 Å². The molecule has 0 atom stereocenters. The average Bonchev–Trinajstić information content (AvgIpc) is 2.45. The third-order valence-corrected chi connectivity index (χ3v) is 3.96. The van der Waals surface area contributed by atoms with Crippen molar-refractivity contribution in [2.45, 2.75) is 6.04 Å². The van der Waals surface area contributed by atoms with Gasteiger partial charge in [0.05, 0.1) is 35.8 Å². The van der Waals surface area contributed by atoms with Crippen LogP contribution in [0.3, 0.4) is 0 Å². The number of halogens is 3. The summed E-state index contributed by atoms with van der Waals surface area (Å²) in [6.07, 6.45) is 0.944. The molecule has 0 radical (unpaired) electrons. The number of hydrogen-bond donors (Lipinski definition) is 1. The van der Waals surface area contributed by atoms with Crippen molar-refractivity contribution in [2.75, 3.05) is 32.2 Å². The molecule has 0 unspecified atom stereocenters. The molecule has 0 amide bonds. The molecule has 2 aromatic rings. The van der Waals surface area contributed by atoms with Gasteiger partial charge in [-0.3, -0.25) is 4.79 Å². The maximum Gasteiger partial charge on any atom is 0.341 e. The molecule has 1 N–H and O–H groups in total. The molecule has 0 bridgehead atoms. The molecule has 0 aliphatic carbocycles. The fourth-order valence-electron chi connectivity index (χ4n) is 2.73. The largest absolute Gasteiger partial charge is 0.477 e. The number of ether oxygens (including phenoxy) is 1. The highest BCUT2D eigenvalue weighted by Gasteiger charge is 2.31. The molecular weight excluding hydrogens is 329 g/mol. The minimum atomic E-state index is -1.72. The van der Waals surface area contributed by atoms with Gasteiger partial charge in [0.25, 0.3) is 0 Å². The molecule has 1 aliphatic heterocycles. The lowest BCUT2D eigenvalue weighted by atomic mass is 10.1. The molecule has 6 nitrogen and oxygen atoms in total. The second-order valence-corrected chi connectivity index (χ2v) is 5.68. The zero-order valence-electron chi connectivity index (χ0n) is 12.8. The summed E-state index contributed by atoms with van der Waals surface area (Å²) in [5.41, 5.74) is -2.69. The number of carbonyl (C=O) groups is 1. The Morgan fingerprint density at radius 1 is 1.25 bits per heavy atom. The van der Waals surface area contributed by atoms with Crippen LogP contribution in [0.2, 0.25) is 0 Å². The number of carboxylic acid groups (broad SMARTS) is 1. The molecule has 1 saturated heterocycles. The zero-order chi connectivity index (χ0) is 17.8. The molecule has 128 valence electrons. The van der Waals surface area contributed by atoms with Crippen LogP contribution in [0, 0.1) is 17.5 Å². The summed E-state index contributed by atoms with van der Waals surface area (Å²) in [7, 11) is 2.69. The first-order valence-corrected chi connectivity index (χ1v) is 6.99. The SMILES string of the molecule is CN(C)c1c(F)c(F)c(F)c2c1c(=O)c(C(=O)O)cn2C1COC1. The van der Waals surface area contributed by atoms with E-state index in [4.69, 9.17) is 4.74 Å². The van der Waals surface area contributed by atoms with Crippen LogP contribution in [0.5, 0.6) is 0 Å². The fraction of sp³-hybridized carbons (Fsp3) is 0.333. The lowest BCUT2D eigenvalue weighted by molar-refractivity contribution is -0.0219. The Kier molecular flexibility index (Phi) is 3.75. The second kappa shape index (κ2) is 5.52. The van der Waals surface area contributed by atoms with Gasteiger partial charge < -0.3 is 19.3 Å². The Bertz CT molecular complexity index is 920. The van der Waals surface area contributed by atoms with E-state index in [-0.39, 0.29) is 13.2 Å². The molecule has 1 aromatic heterocycles. The molecule has 0 spiro atoms. The average molecular weight is 342 g/mol. The Labute approximate surface area is 133 Å². The zero-order valence-corrected chi connectivity index (χ0v) is 12.8. The first-order valence-electron chi connectivity index (χ1n) is 6.99. The highest BCUT2D eigenvalue weighted by atomic mass is 19.2. The number of aromatic carboxylic acids is 1. The van der Waals surface area contributed by atoms with E-state index < -0.39 is 57.0 Å². The summed E-state index contributed by atoms with van der Waals surface area (Å²) in [5.74, 6) is -6.33. The molecule has 3 rings (SSSR count). The first kappa shape index (κ1) is 16.3. The molecule has 0 saturated carbocycles. The van der Waals surface area contributed by atoms with E-state index in [1.54, 1.807) is 0 Å². The van der Waals surface area contributed by atoms with Gasteiger partial charge in [0.2, 0.25) is 5.43 Å². The maximum absolute atomic E-state index is 14.4. The van der Waals surface area contributed by atoms with Gasteiger partial charge in [0, 0.05) is 20.3 Å². The van der Waals surface area contributed by atoms with Crippen LogP contribution in [-0.2, 0) is 4.74 Å². The predicted octanol–water partition coefficient (Wildman–Crippen LogP) is 1.75. The summed E-state index contributed by atoms with van der Waals surface area (Å²) in [5, 5.41) is 8.71. The van der Waals surface area contributed by atoms with Gasteiger partial charge in [-0.05, 0) is 0 Å². The van der Waals surface area contributed by atoms with Crippen LogP contribution in [-0.4, -0.2) is 43.0 Å². The van der Waals surface area contributed by atoms with Gasteiger partial charge in [-0.2, -0.15) is 0 Å². The number of hydrogen-bond acceptors (Lipinski definition) is 4. The van der Waals surface area contributed by atoms with Crippen LogP contribution >= 0.6 is 0 Å². The molecule has 1 aliphatic rings. The van der Waals surface area contributed by atoms with Gasteiger partial charge in [0.15, 0.2) is 17.5 Å². The van der Waals surface area contributed by atoms with Crippen molar-refractivity contribution >= 4 is 22.6 Å². The highest BCUT2D eigenvalue weighted by Crippen LogP contribution is 2.34. The van der Waals surface area contributed by atoms with Gasteiger partial charge in [0.1, 0.15) is 5.56 Å². The number of benzene rings is 1. The smallest absolute Gasteiger partial charge is 0.341 e. The maximum atomic E-state index is 14.4. The molecule has 9 heteroatoms. The van der Waals surface area contributed by atoms with Crippen molar-refractivity contribution in [1.29, 1.82) is 0 Å². The van der Waals surface area contributed by atoms with Gasteiger partial charge in [-0.1, -0.05) is 0 Å². The Morgan fingerprint density at radius 3 is 2.33 bits per heavy atom. The monoisotopic (exact) mass is 342 g/mol. The molecule has 24 heavy (non-hydrogen) atoms. The summed E-state index contributed by atoms with van der Waals surface area (Å²) in [6, 6.07) is -0.472. The number of anilines is 1. The fourth-order valence-corrected chi connectivity index (χ4v) is 2.73. The van der Waals surface area contributed by atoms with E-state index in [1.807, 2.05) is 0 Å². The number of fused-ring (bicyclic) bond motifs is 1. The van der Waals surface area contributed by atoms with E-state index in [2.05, 4.69) is 0 Å². The molecule has 2 heterocycles. The predicted molar refractivity (Wildman–Crippen MR) is 79.2 cm³/mol. The van der Waals surface area contributed by atoms with Crippen LogP contribution in [0.4, 0.5) is 18.9 Å². The Balaban J connectivity index is 2.59. The van der Waals surface area contributed by atoms with Gasteiger partial charge >= 0.3 is 5.97 Å². The third kappa shape index (κ3) is 2.15. The first-order chi connectivity index (χ1) is 11.3. The lowest BCUT2D eigenvalue weighted by Gasteiger charge is -2.31. The number of nitrogens with zero attached hydrogens (tertiary/aromatic N) is 2. The second-order valence-electron chi connectivity index (χ2n) is 5.68. The van der Waals surface area contributed by atoms with Crippen LogP contribution in [0.15, 0.2) is 11.0 Å². The van der Waals surface area contributed by atoms with E-state index in [0.717, 1.165) is 15.7 Å². The highest BCUT2D eigenvalue weighted by molar-refractivity contribution is 5.98. The van der Waals surface area contributed by atoms with Crippen molar-refractivity contribution in [1.82, 2.24) is 4.57 Å². The number of aromatic nitrogens is 1. The van der Waals surface area contributed by atoms with E-state index in [0.29, 0.717) is 0 Å². The van der Waals surface area contributed by atoms with Crippen molar-refractivity contribution in [3.8, 4) is 0 Å². The summed E-state index contributed by atoms with van der Waals surface area (Å²) >= 11 is 0. The molecule has 1 fully saturated rings. The van der Waals surface area contributed by atoms with Gasteiger partial charge in [-0.25, -0.2) is 18.0 Å². The third-order valence-electron chi connectivity index (χ3n) is 3.96. The summed E-state index contributed by atoms with van der Waals surface area (Å²) < 4.78 is 48.7.